The van der Waals surface area contributed by atoms with Gasteiger partial charge in [0, 0.05) is 148 Å². The number of nitrogens with one attached hydrogen (secondary N) is 2. The number of piperidine rings is 2. The minimum absolute atomic E-state index is 0.0833. The fourth-order valence-electron chi connectivity index (χ4n) is 16.0. The van der Waals surface area contributed by atoms with Gasteiger partial charge in [-0.3, -0.25) is 48.8 Å². The first-order valence-corrected chi connectivity index (χ1v) is 41.9. The molecule has 0 bridgehead atoms. The van der Waals surface area contributed by atoms with Crippen LogP contribution in [0.5, 0.6) is 34.5 Å². The largest absolute Gasteiger partial charge is 0.508 e. The van der Waals surface area contributed by atoms with Crippen molar-refractivity contribution in [2.24, 2.45) is 0 Å². The zero-order chi connectivity index (χ0) is 82.7. The molecule has 20 nitrogen and oxygen atoms in total. The third kappa shape index (κ3) is 21.1. The number of anilines is 2. The predicted octanol–water partition coefficient (Wildman–Crippen LogP) is 16.9. The lowest BCUT2D eigenvalue weighted by Crippen LogP contribution is -2.52. The molecule has 0 radical (unpaired) electrons. The molecular weight excluding hydrogens is 1450 g/mol. The average molecular weight is 1570 g/mol. The number of carbonyl (C=O) groups excluding carboxylic acids is 6. The number of phenols is 2. The molecule has 0 aromatic heterocycles. The maximum Gasteiger partial charge on any atom is 0.262 e. The number of rotatable bonds is 18. The van der Waals surface area contributed by atoms with E-state index in [4.69, 9.17) is 18.9 Å². The monoisotopic (exact) mass is 1560 g/mol. The molecule has 8 heterocycles. The van der Waals surface area contributed by atoms with E-state index in [1.54, 1.807) is 41.3 Å². The van der Waals surface area contributed by atoms with Crippen LogP contribution in [-0.2, 0) is 20.9 Å². The predicted molar refractivity (Wildman–Crippen MR) is 457 cm³/mol. The van der Waals surface area contributed by atoms with Gasteiger partial charge in [-0.05, 0) is 133 Å². The van der Waals surface area contributed by atoms with E-state index in [2.05, 4.69) is 128 Å². The summed E-state index contributed by atoms with van der Waals surface area (Å²) in [6.45, 7) is 39.4. The van der Waals surface area contributed by atoms with Crippen molar-refractivity contribution in [3.63, 3.8) is 0 Å². The van der Waals surface area contributed by atoms with Crippen LogP contribution in [0.1, 0.15) is 215 Å². The van der Waals surface area contributed by atoms with Crippen LogP contribution in [0.15, 0.2) is 194 Å². The van der Waals surface area contributed by atoms with Crippen molar-refractivity contribution < 1.29 is 57.9 Å². The molecule has 16 rings (SSSR count). The van der Waals surface area contributed by atoms with Gasteiger partial charge in [-0.2, -0.15) is 0 Å². The van der Waals surface area contributed by atoms with E-state index in [0.29, 0.717) is 74.6 Å². The van der Waals surface area contributed by atoms with Gasteiger partial charge in [0.2, 0.25) is 17.7 Å². The van der Waals surface area contributed by atoms with Gasteiger partial charge in [-0.1, -0.05) is 187 Å². The van der Waals surface area contributed by atoms with E-state index in [1.807, 2.05) is 138 Å². The maximum atomic E-state index is 13.3. The molecular formula is C95H120N8O12. The Balaban J connectivity index is 0.000000233. The zero-order valence-electron chi connectivity index (χ0n) is 69.5. The number of fused-ring (bicyclic) bond motifs is 4. The minimum Gasteiger partial charge on any atom is -0.508 e. The highest BCUT2D eigenvalue weighted by molar-refractivity contribution is 6.23. The molecule has 4 N–H and O–H groups in total. The van der Waals surface area contributed by atoms with Crippen molar-refractivity contribution in [2.45, 2.75) is 164 Å². The Morgan fingerprint density at radius 1 is 0.435 bits per heavy atom. The van der Waals surface area contributed by atoms with E-state index in [-0.39, 0.29) is 65.2 Å². The molecule has 0 spiro atoms. The standard InChI is InChI=1S/C42H42N4O6.C41H42N4O6.6C2H6/c1-27-8-17-37(40(48)43-27)46-41(49)33-15-11-30(24-35(33)42(46)50)45-21-19-44(20-22-45)18-5-23-51-32-13-9-29(10-14-32)39-34-16-12-31(47)25-38(34)52-26-36(39)28-6-3-2-4-7-28;46-31-10-14-34-37(24-31)51-26-35(27-5-2-1-3-6-27)39(34)28-7-11-32(12-8-28)50-22-4-17-43-18-20-44(21-19-43)30-9-13-33-29(23-30)25-45(41(33)49)36-15-16-38(47)42-40(36)48;6*1-2/h2-4,6-7,9-16,24-25,36-37,39,47H,1,5,8,17-23,26H2,(H,43,48);1-3,5-14,23-24,35-36,39,46H,4,15-22,25-26H2,(H,42,47,48);6*1-2H3/t36-,37?,39?;35-,36?,39?;;;;;;/m11....../s1. The molecule has 6 atom stereocenters. The van der Waals surface area contributed by atoms with Gasteiger partial charge >= 0.3 is 0 Å². The van der Waals surface area contributed by atoms with E-state index in [1.165, 1.54) is 22.3 Å². The van der Waals surface area contributed by atoms with Crippen LogP contribution < -0.4 is 39.4 Å². The molecule has 115 heavy (non-hydrogen) atoms. The first kappa shape index (κ1) is 88.0. The number of aromatic hydroxyl groups is 2. The lowest BCUT2D eigenvalue weighted by molar-refractivity contribution is -0.137. The van der Waals surface area contributed by atoms with Crippen LogP contribution in [-0.4, -0.2) is 169 Å². The summed E-state index contributed by atoms with van der Waals surface area (Å²) < 4.78 is 24.6. The third-order valence-electron chi connectivity index (χ3n) is 21.5. The topological polar surface area (TPSA) is 223 Å². The van der Waals surface area contributed by atoms with Crippen molar-refractivity contribution in [2.75, 3.05) is 102 Å². The lowest BCUT2D eigenvalue weighted by atomic mass is 9.76. The van der Waals surface area contributed by atoms with Crippen molar-refractivity contribution in [1.82, 2.24) is 30.2 Å². The van der Waals surface area contributed by atoms with Crippen LogP contribution in [0.4, 0.5) is 11.4 Å². The second-order valence-electron chi connectivity index (χ2n) is 27.9. The van der Waals surface area contributed by atoms with E-state index in [9.17, 15) is 39.0 Å². The Kier molecular flexibility index (Phi) is 33.3. The molecule has 8 aliphatic rings. The number of nitrogens with zero attached hydrogens (tertiary/aromatic N) is 6. The van der Waals surface area contributed by atoms with Gasteiger partial charge in [-0.15, -0.1) is 0 Å². The lowest BCUT2D eigenvalue weighted by Gasteiger charge is -2.36. The summed E-state index contributed by atoms with van der Waals surface area (Å²) in [7, 11) is 0. The van der Waals surface area contributed by atoms with Crippen LogP contribution >= 0.6 is 0 Å². The Bertz CT molecular complexity index is 4500. The number of allylic oxidation sites excluding steroid dienone is 1. The molecule has 4 saturated heterocycles. The number of phenolic OH excluding ortho intramolecular Hbond substituents is 2. The van der Waals surface area contributed by atoms with Crippen LogP contribution in [0.2, 0.25) is 0 Å². The van der Waals surface area contributed by atoms with Crippen LogP contribution in [0.25, 0.3) is 0 Å². The summed E-state index contributed by atoms with van der Waals surface area (Å²) >= 11 is 0. The average Bonchev–Trinajstić information content (AvgIpc) is 1.73. The van der Waals surface area contributed by atoms with E-state index < -0.39 is 23.9 Å². The molecule has 0 aliphatic carbocycles. The highest BCUT2D eigenvalue weighted by Crippen LogP contribution is 2.49. The fraction of sp³-hybridized carbons (Fsp3) is 0.411. The van der Waals surface area contributed by atoms with Crippen LogP contribution in [0, 0.1) is 0 Å². The highest BCUT2D eigenvalue weighted by atomic mass is 16.5. The fourth-order valence-corrected chi connectivity index (χ4v) is 16.0. The summed E-state index contributed by atoms with van der Waals surface area (Å²) in [5.41, 5.74) is 11.8. The number of piperazine rings is 2. The second kappa shape index (κ2) is 43.5. The third-order valence-corrected chi connectivity index (χ3v) is 21.5. The molecule has 612 valence electrons. The SMILES string of the molecule is C=C1CCC(N2C(=O)c3ccc(N4CCN(CCCOc5ccc(C6c7ccc(O)cc7OC[C@@H]6c6ccccc6)cc5)CC4)cc3C2=O)C(=O)N1.CC.CC.CC.CC.CC.CC.O=C1CCC(N2Cc3cc(N4CCN(CCCOc5ccc(C6c7ccc(O)cc7OC[C@@H]6c6ccccc6)cc5)CC4)ccc3C2=O)C(=O)N1. The maximum absolute atomic E-state index is 13.3. The number of amides is 6. The van der Waals surface area contributed by atoms with Gasteiger partial charge in [0.15, 0.2) is 0 Å². The van der Waals surface area contributed by atoms with E-state index in [0.717, 1.165) is 134 Å². The van der Waals surface area contributed by atoms with E-state index >= 15 is 0 Å². The number of hydrogen-bond acceptors (Lipinski definition) is 16. The van der Waals surface area contributed by atoms with Gasteiger partial charge < -0.3 is 49.2 Å². The Labute approximate surface area is 681 Å². The first-order valence-electron chi connectivity index (χ1n) is 41.9. The highest BCUT2D eigenvalue weighted by Gasteiger charge is 2.45. The first-order chi connectivity index (χ1) is 56.2. The summed E-state index contributed by atoms with van der Waals surface area (Å²) in [6, 6.07) is 58.5. The Hall–Kier alpha value is -11.0. The second-order valence-corrected chi connectivity index (χ2v) is 27.9. The molecule has 4 unspecified atom stereocenters. The Morgan fingerprint density at radius 3 is 1.33 bits per heavy atom. The molecule has 4 fully saturated rings. The summed E-state index contributed by atoms with van der Waals surface area (Å²) in [5.74, 6) is 2.03. The molecule has 8 aromatic carbocycles. The van der Waals surface area contributed by atoms with Crippen molar-refractivity contribution in [3.8, 4) is 34.5 Å². The Morgan fingerprint density at radius 2 is 0.870 bits per heavy atom. The van der Waals surface area contributed by atoms with Gasteiger partial charge in [0.25, 0.3) is 17.7 Å². The molecule has 6 amide bonds. The van der Waals surface area contributed by atoms with Gasteiger partial charge in [0.05, 0.1) is 37.6 Å². The number of hydrogen-bond donors (Lipinski definition) is 4. The summed E-state index contributed by atoms with van der Waals surface area (Å²) in [6.07, 6.45) is 3.35. The molecule has 8 aromatic rings. The number of ether oxygens (including phenoxy) is 4. The van der Waals surface area contributed by atoms with Gasteiger partial charge in [0.1, 0.15) is 46.6 Å². The normalized spacial score (nSPS) is 19.8. The van der Waals surface area contributed by atoms with Crippen LogP contribution in [0.3, 0.4) is 0 Å². The zero-order valence-corrected chi connectivity index (χ0v) is 69.5. The summed E-state index contributed by atoms with van der Waals surface area (Å²) in [5, 5.41) is 25.2. The van der Waals surface area contributed by atoms with Crippen molar-refractivity contribution in [1.29, 1.82) is 0 Å². The van der Waals surface area contributed by atoms with Crippen molar-refractivity contribution >= 4 is 46.8 Å². The molecule has 0 saturated carbocycles. The molecule has 20 heteroatoms. The number of imide groups is 2. The van der Waals surface area contributed by atoms with Gasteiger partial charge in [-0.25, -0.2) is 0 Å². The summed E-state index contributed by atoms with van der Waals surface area (Å²) in [4.78, 5) is 88.3. The smallest absolute Gasteiger partial charge is 0.262 e. The minimum atomic E-state index is -0.812. The quantitative estimate of drug-likeness (QED) is 0.0463. The van der Waals surface area contributed by atoms with Crippen molar-refractivity contribution in [3.05, 3.63) is 250 Å². The number of benzene rings is 8. The molecule has 8 aliphatic heterocycles. The number of carbonyl (C=O) groups is 6.